The van der Waals surface area contributed by atoms with Crippen LogP contribution in [0.15, 0.2) is 4.79 Å². The van der Waals surface area contributed by atoms with Gasteiger partial charge in [-0.15, -0.1) is 0 Å². The van der Waals surface area contributed by atoms with E-state index < -0.39 is 0 Å². The van der Waals surface area contributed by atoms with E-state index in [1.807, 2.05) is 0 Å². The summed E-state index contributed by atoms with van der Waals surface area (Å²) in [7, 11) is 0. The first-order chi connectivity index (χ1) is 5.86. The molecule has 0 saturated carbocycles. The monoisotopic (exact) mass is 183 g/mol. The molecule has 66 valence electrons. The first-order valence-corrected chi connectivity index (χ1v) is 5.39. The Morgan fingerprint density at radius 3 is 2.67 bits per heavy atom. The van der Waals surface area contributed by atoms with Crippen LogP contribution in [-0.4, -0.2) is 4.98 Å². The Morgan fingerprint density at radius 2 is 1.83 bits per heavy atom. The predicted molar refractivity (Wildman–Crippen MR) is 50.8 cm³/mol. The van der Waals surface area contributed by atoms with Gasteiger partial charge in [-0.25, -0.2) is 0 Å². The van der Waals surface area contributed by atoms with Gasteiger partial charge < -0.3 is 4.98 Å². The molecule has 2 nitrogen and oxygen atoms in total. The Bertz CT molecular complexity index is 284. The summed E-state index contributed by atoms with van der Waals surface area (Å²) < 4.78 is 0. The number of aromatic nitrogens is 1. The van der Waals surface area contributed by atoms with Crippen LogP contribution in [0, 0.1) is 0 Å². The molecule has 0 aromatic carbocycles. The van der Waals surface area contributed by atoms with E-state index in [1.54, 1.807) is 0 Å². The Balaban J connectivity index is 2.29. The van der Waals surface area contributed by atoms with Gasteiger partial charge in [0.25, 0.3) is 0 Å². The van der Waals surface area contributed by atoms with E-state index in [4.69, 9.17) is 0 Å². The number of fused-ring (bicyclic) bond motifs is 1. The average molecular weight is 183 g/mol. The van der Waals surface area contributed by atoms with Crippen molar-refractivity contribution in [2.45, 2.75) is 38.5 Å². The summed E-state index contributed by atoms with van der Waals surface area (Å²) in [4.78, 5) is 15.4. The summed E-state index contributed by atoms with van der Waals surface area (Å²) in [5.74, 6) is 0. The molecule has 12 heavy (non-hydrogen) atoms. The van der Waals surface area contributed by atoms with Crippen molar-refractivity contribution in [1.29, 1.82) is 0 Å². The molecular weight excluding hydrogens is 170 g/mol. The Hall–Kier alpha value is -0.570. The van der Waals surface area contributed by atoms with Gasteiger partial charge in [-0.05, 0) is 25.7 Å². The molecule has 1 aliphatic rings. The lowest BCUT2D eigenvalue weighted by Gasteiger charge is -2.07. The third-order valence-electron chi connectivity index (χ3n) is 2.39. The van der Waals surface area contributed by atoms with E-state index >= 15 is 0 Å². The van der Waals surface area contributed by atoms with Crippen LogP contribution >= 0.6 is 11.3 Å². The van der Waals surface area contributed by atoms with Crippen LogP contribution in [0.3, 0.4) is 0 Å². The first-order valence-electron chi connectivity index (χ1n) is 4.57. The molecule has 0 bridgehead atoms. The number of H-pyrrole nitrogens is 1. The maximum absolute atomic E-state index is 11.0. The number of aromatic amines is 1. The molecule has 2 rings (SSSR count). The zero-order valence-electron chi connectivity index (χ0n) is 7.06. The normalized spacial score (nSPS) is 18.0. The van der Waals surface area contributed by atoms with Crippen molar-refractivity contribution < 1.29 is 0 Å². The average Bonchev–Trinajstić information content (AvgIpc) is 2.32. The second kappa shape index (κ2) is 3.44. The van der Waals surface area contributed by atoms with Gasteiger partial charge in [-0.3, -0.25) is 4.79 Å². The lowest BCUT2D eigenvalue weighted by Crippen LogP contribution is -1.98. The molecule has 1 aliphatic carbocycles. The Labute approximate surface area is 75.6 Å². The summed E-state index contributed by atoms with van der Waals surface area (Å²) in [5.41, 5.74) is 1.21. The minimum Gasteiger partial charge on any atom is -0.316 e. The largest absolute Gasteiger partial charge is 0.316 e. The van der Waals surface area contributed by atoms with Gasteiger partial charge in [0, 0.05) is 10.6 Å². The fourth-order valence-electron chi connectivity index (χ4n) is 1.74. The summed E-state index contributed by atoms with van der Waals surface area (Å²) in [6.07, 6.45) is 7.32. The topological polar surface area (TPSA) is 32.9 Å². The number of hydrogen-bond donors (Lipinski definition) is 1. The van der Waals surface area contributed by atoms with Gasteiger partial charge in [-0.1, -0.05) is 24.2 Å². The third kappa shape index (κ3) is 1.61. The molecule has 0 fully saturated rings. The number of aryl methyl sites for hydroxylation is 2. The van der Waals surface area contributed by atoms with Crippen LogP contribution in [-0.2, 0) is 12.8 Å². The number of thiazole rings is 1. The fourth-order valence-corrected chi connectivity index (χ4v) is 2.66. The molecule has 1 aromatic heterocycles. The van der Waals surface area contributed by atoms with Crippen LogP contribution in [0.25, 0.3) is 0 Å². The highest BCUT2D eigenvalue weighted by Crippen LogP contribution is 2.19. The molecule has 1 heterocycles. The zero-order valence-corrected chi connectivity index (χ0v) is 7.88. The first kappa shape index (κ1) is 8.05. The van der Waals surface area contributed by atoms with Gasteiger partial charge in [0.2, 0.25) is 0 Å². The highest BCUT2D eigenvalue weighted by molar-refractivity contribution is 7.09. The smallest absolute Gasteiger partial charge is 0.304 e. The zero-order chi connectivity index (χ0) is 8.39. The van der Waals surface area contributed by atoms with Gasteiger partial charge in [0.15, 0.2) is 0 Å². The highest BCUT2D eigenvalue weighted by Gasteiger charge is 2.09. The van der Waals surface area contributed by atoms with Crippen LogP contribution in [0.5, 0.6) is 0 Å². The molecule has 1 N–H and O–H groups in total. The summed E-state index contributed by atoms with van der Waals surface area (Å²) in [6.45, 7) is 0. The minimum absolute atomic E-state index is 0.127. The van der Waals surface area contributed by atoms with Crippen molar-refractivity contribution in [2.75, 3.05) is 0 Å². The molecule has 1 aromatic rings. The van der Waals surface area contributed by atoms with Crippen LogP contribution in [0.2, 0.25) is 0 Å². The molecule has 0 spiro atoms. The van der Waals surface area contributed by atoms with E-state index in [-0.39, 0.29) is 4.87 Å². The van der Waals surface area contributed by atoms with Crippen molar-refractivity contribution in [3.8, 4) is 0 Å². The molecule has 0 amide bonds. The second-order valence-corrected chi connectivity index (χ2v) is 4.40. The van der Waals surface area contributed by atoms with Crippen molar-refractivity contribution in [3.05, 3.63) is 20.2 Å². The van der Waals surface area contributed by atoms with Crippen molar-refractivity contribution >= 4 is 11.3 Å². The number of rotatable bonds is 0. The van der Waals surface area contributed by atoms with Gasteiger partial charge in [-0.2, -0.15) is 0 Å². The number of hydrogen-bond acceptors (Lipinski definition) is 2. The lowest BCUT2D eigenvalue weighted by atomic mass is 10.0. The third-order valence-corrected chi connectivity index (χ3v) is 3.37. The molecule has 0 radical (unpaired) electrons. The van der Waals surface area contributed by atoms with Crippen molar-refractivity contribution in [2.24, 2.45) is 0 Å². The molecule has 3 heteroatoms. The van der Waals surface area contributed by atoms with Crippen LogP contribution < -0.4 is 4.87 Å². The van der Waals surface area contributed by atoms with Gasteiger partial charge in [0.1, 0.15) is 0 Å². The lowest BCUT2D eigenvalue weighted by molar-refractivity contribution is 0.615. The Morgan fingerprint density at radius 1 is 1.08 bits per heavy atom. The SMILES string of the molecule is O=c1[nH]c2c(s1)CCCCCC2. The summed E-state index contributed by atoms with van der Waals surface area (Å²) in [6, 6.07) is 0. The van der Waals surface area contributed by atoms with Gasteiger partial charge >= 0.3 is 4.87 Å². The van der Waals surface area contributed by atoms with E-state index in [9.17, 15) is 4.79 Å². The van der Waals surface area contributed by atoms with E-state index in [0.29, 0.717) is 0 Å². The van der Waals surface area contributed by atoms with Crippen LogP contribution in [0.1, 0.15) is 36.3 Å². The molecule has 0 aliphatic heterocycles. The quantitative estimate of drug-likeness (QED) is 0.656. The Kier molecular flexibility index (Phi) is 2.30. The van der Waals surface area contributed by atoms with E-state index in [0.717, 1.165) is 12.8 Å². The maximum atomic E-state index is 11.0. The highest BCUT2D eigenvalue weighted by atomic mass is 32.1. The minimum atomic E-state index is 0.127. The van der Waals surface area contributed by atoms with E-state index in [1.165, 1.54) is 47.6 Å². The molecular formula is C9H13NOS. The fraction of sp³-hybridized carbons (Fsp3) is 0.667. The standard InChI is InChI=1S/C9H13NOS/c11-9-10-7-5-3-1-2-4-6-8(7)12-9/h1-6H2,(H,10,11). The second-order valence-electron chi connectivity index (χ2n) is 3.33. The molecule has 0 atom stereocenters. The maximum Gasteiger partial charge on any atom is 0.304 e. The van der Waals surface area contributed by atoms with E-state index in [2.05, 4.69) is 4.98 Å². The van der Waals surface area contributed by atoms with Crippen molar-refractivity contribution in [3.63, 3.8) is 0 Å². The summed E-state index contributed by atoms with van der Waals surface area (Å²) in [5, 5.41) is 0. The summed E-state index contributed by atoms with van der Waals surface area (Å²) >= 11 is 1.40. The van der Waals surface area contributed by atoms with Crippen LogP contribution in [0.4, 0.5) is 0 Å². The number of nitrogens with one attached hydrogen (secondary N) is 1. The predicted octanol–water partition coefficient (Wildman–Crippen LogP) is 2.10. The molecule has 0 unspecified atom stereocenters. The molecule has 0 saturated heterocycles. The van der Waals surface area contributed by atoms with Crippen molar-refractivity contribution in [1.82, 2.24) is 4.98 Å². The van der Waals surface area contributed by atoms with Gasteiger partial charge in [0.05, 0.1) is 0 Å².